The second-order valence-corrected chi connectivity index (χ2v) is 5.20. The van der Waals surface area contributed by atoms with E-state index in [2.05, 4.69) is 25.3 Å². The Morgan fingerprint density at radius 2 is 1.75 bits per heavy atom. The second-order valence-electron chi connectivity index (χ2n) is 5.20. The summed E-state index contributed by atoms with van der Waals surface area (Å²) in [6, 6.07) is 13.6. The molecule has 0 aliphatic rings. The summed E-state index contributed by atoms with van der Waals surface area (Å²) in [5, 5.41) is 5.15. The van der Waals surface area contributed by atoms with Crippen LogP contribution in [0.2, 0.25) is 0 Å². The minimum absolute atomic E-state index is 0.00798. The van der Waals surface area contributed by atoms with Gasteiger partial charge in [0, 0.05) is 5.69 Å². The van der Waals surface area contributed by atoms with Crippen LogP contribution < -0.4 is 5.32 Å². The highest BCUT2D eigenvalue weighted by Gasteiger charge is 2.35. The quantitative estimate of drug-likeness (QED) is 0.576. The number of rotatable bonds is 2. The van der Waals surface area contributed by atoms with E-state index in [9.17, 15) is 13.2 Å². The molecule has 4 aromatic rings. The molecule has 0 fully saturated rings. The summed E-state index contributed by atoms with van der Waals surface area (Å²) in [5.41, 5.74) is 0.661. The van der Waals surface area contributed by atoms with E-state index in [1.165, 1.54) is 6.20 Å². The summed E-state index contributed by atoms with van der Waals surface area (Å²) in [4.78, 5) is 13.6. The number of hydrogen-bond donors (Lipinski definition) is 2. The molecular formula is C16H10F3N5. The Morgan fingerprint density at radius 1 is 0.958 bits per heavy atom. The average molecular weight is 329 g/mol. The van der Waals surface area contributed by atoms with Gasteiger partial charge in [0.25, 0.3) is 0 Å². The first-order valence-electron chi connectivity index (χ1n) is 7.05. The van der Waals surface area contributed by atoms with Crippen LogP contribution in [0.5, 0.6) is 0 Å². The number of H-pyrrole nitrogens is 1. The highest BCUT2D eigenvalue weighted by Crippen LogP contribution is 2.28. The molecule has 24 heavy (non-hydrogen) atoms. The van der Waals surface area contributed by atoms with Crippen molar-refractivity contribution >= 4 is 33.6 Å². The molecule has 0 atom stereocenters. The first-order valence-corrected chi connectivity index (χ1v) is 7.05. The van der Waals surface area contributed by atoms with Crippen molar-refractivity contribution in [2.24, 2.45) is 0 Å². The van der Waals surface area contributed by atoms with E-state index in [0.717, 1.165) is 16.5 Å². The molecule has 2 aromatic carbocycles. The van der Waals surface area contributed by atoms with Gasteiger partial charge >= 0.3 is 6.18 Å². The number of alkyl halides is 3. The number of fused-ring (bicyclic) bond motifs is 2. The van der Waals surface area contributed by atoms with Gasteiger partial charge in [-0.15, -0.1) is 0 Å². The molecule has 2 N–H and O–H groups in total. The number of anilines is 2. The van der Waals surface area contributed by atoms with E-state index < -0.39 is 12.0 Å². The van der Waals surface area contributed by atoms with E-state index in [1.807, 2.05) is 42.5 Å². The lowest BCUT2D eigenvalue weighted by atomic mass is 10.1. The highest BCUT2D eigenvalue weighted by molar-refractivity contribution is 5.86. The summed E-state index contributed by atoms with van der Waals surface area (Å²) in [6.07, 6.45) is -3.20. The number of imidazole rings is 1. The number of aromatic nitrogens is 4. The molecule has 120 valence electrons. The average Bonchev–Trinajstić information content (AvgIpc) is 2.98. The Labute approximate surface area is 133 Å². The van der Waals surface area contributed by atoms with Crippen LogP contribution in [0.4, 0.5) is 24.7 Å². The molecule has 2 heterocycles. The van der Waals surface area contributed by atoms with Gasteiger partial charge in [-0.25, -0.2) is 15.0 Å². The predicted molar refractivity (Wildman–Crippen MR) is 83.9 cm³/mol. The normalized spacial score (nSPS) is 12.0. The van der Waals surface area contributed by atoms with Gasteiger partial charge in [0.05, 0.1) is 6.20 Å². The molecule has 2 aromatic heterocycles. The Kier molecular flexibility index (Phi) is 3.12. The molecule has 0 bridgehead atoms. The van der Waals surface area contributed by atoms with Gasteiger partial charge in [-0.2, -0.15) is 13.2 Å². The van der Waals surface area contributed by atoms with Crippen LogP contribution in [-0.4, -0.2) is 19.9 Å². The van der Waals surface area contributed by atoms with E-state index in [1.54, 1.807) is 0 Å². The van der Waals surface area contributed by atoms with Crippen LogP contribution >= 0.6 is 0 Å². The zero-order chi connectivity index (χ0) is 16.7. The third-order valence-corrected chi connectivity index (χ3v) is 3.50. The number of nitrogens with zero attached hydrogens (tertiary/aromatic N) is 3. The van der Waals surface area contributed by atoms with Crippen molar-refractivity contribution in [1.82, 2.24) is 19.9 Å². The number of aromatic amines is 1. The Hall–Kier alpha value is -3.16. The third kappa shape index (κ3) is 2.62. The Bertz CT molecular complexity index is 1040. The maximum atomic E-state index is 12.7. The summed E-state index contributed by atoms with van der Waals surface area (Å²) in [6.45, 7) is 0. The molecule has 5 nitrogen and oxygen atoms in total. The van der Waals surface area contributed by atoms with E-state index in [-0.39, 0.29) is 11.3 Å². The van der Waals surface area contributed by atoms with Gasteiger partial charge in [0.15, 0.2) is 17.1 Å². The first-order chi connectivity index (χ1) is 11.5. The SMILES string of the molecule is FC(F)(F)c1nc2nc(Nc3ccc4ccccc4c3)cnc2[nH]1. The van der Waals surface area contributed by atoms with Crippen molar-refractivity contribution in [2.75, 3.05) is 5.32 Å². The summed E-state index contributed by atoms with van der Waals surface area (Å²) < 4.78 is 38.0. The molecule has 0 saturated carbocycles. The lowest BCUT2D eigenvalue weighted by Gasteiger charge is -2.06. The maximum Gasteiger partial charge on any atom is 0.449 e. The molecule has 8 heteroatoms. The van der Waals surface area contributed by atoms with Crippen molar-refractivity contribution in [3.8, 4) is 0 Å². The third-order valence-electron chi connectivity index (χ3n) is 3.50. The molecular weight excluding hydrogens is 319 g/mol. The minimum Gasteiger partial charge on any atom is -0.339 e. The summed E-state index contributed by atoms with van der Waals surface area (Å²) in [5.74, 6) is -0.793. The topological polar surface area (TPSA) is 66.5 Å². The number of benzene rings is 2. The fourth-order valence-electron chi connectivity index (χ4n) is 2.40. The van der Waals surface area contributed by atoms with Crippen molar-refractivity contribution in [3.63, 3.8) is 0 Å². The molecule has 0 spiro atoms. The minimum atomic E-state index is -4.56. The van der Waals surface area contributed by atoms with Gasteiger partial charge in [-0.3, -0.25) is 0 Å². The van der Waals surface area contributed by atoms with Gasteiger partial charge in [-0.05, 0) is 22.9 Å². The van der Waals surface area contributed by atoms with Crippen molar-refractivity contribution in [1.29, 1.82) is 0 Å². The van der Waals surface area contributed by atoms with Crippen molar-refractivity contribution in [3.05, 3.63) is 54.5 Å². The standard InChI is InChI=1S/C16H10F3N5/c17-16(18,19)15-23-13-14(24-15)22-12(8-20-13)21-11-6-5-9-3-1-2-4-10(9)7-11/h1-8H,(H2,20,21,22,23,24). The van der Waals surface area contributed by atoms with Crippen LogP contribution in [0, 0.1) is 0 Å². The van der Waals surface area contributed by atoms with Gasteiger partial charge in [0.2, 0.25) is 5.82 Å². The first kappa shape index (κ1) is 14.4. The molecule has 0 aliphatic heterocycles. The molecule has 0 unspecified atom stereocenters. The van der Waals surface area contributed by atoms with Gasteiger partial charge < -0.3 is 10.3 Å². The van der Waals surface area contributed by atoms with Crippen LogP contribution in [0.1, 0.15) is 5.82 Å². The molecule has 4 rings (SSSR count). The molecule has 0 amide bonds. The molecule has 0 aliphatic carbocycles. The Morgan fingerprint density at radius 3 is 2.54 bits per heavy atom. The van der Waals surface area contributed by atoms with Crippen LogP contribution in [0.15, 0.2) is 48.7 Å². The van der Waals surface area contributed by atoms with Crippen molar-refractivity contribution in [2.45, 2.75) is 6.18 Å². The zero-order valence-corrected chi connectivity index (χ0v) is 12.1. The lowest BCUT2D eigenvalue weighted by molar-refractivity contribution is -0.144. The number of hydrogen-bond acceptors (Lipinski definition) is 4. The fraction of sp³-hybridized carbons (Fsp3) is 0.0625. The van der Waals surface area contributed by atoms with Crippen LogP contribution in [0.3, 0.4) is 0 Å². The van der Waals surface area contributed by atoms with Crippen molar-refractivity contribution < 1.29 is 13.2 Å². The van der Waals surface area contributed by atoms with Crippen LogP contribution in [-0.2, 0) is 6.18 Å². The zero-order valence-electron chi connectivity index (χ0n) is 12.1. The largest absolute Gasteiger partial charge is 0.449 e. The van der Waals surface area contributed by atoms with E-state index in [0.29, 0.717) is 5.82 Å². The smallest absolute Gasteiger partial charge is 0.339 e. The summed E-state index contributed by atoms with van der Waals surface area (Å²) in [7, 11) is 0. The van der Waals surface area contributed by atoms with E-state index >= 15 is 0 Å². The van der Waals surface area contributed by atoms with Crippen LogP contribution in [0.25, 0.3) is 22.1 Å². The number of halogens is 3. The van der Waals surface area contributed by atoms with Gasteiger partial charge in [-0.1, -0.05) is 30.3 Å². The highest BCUT2D eigenvalue weighted by atomic mass is 19.4. The number of nitrogens with one attached hydrogen (secondary N) is 2. The van der Waals surface area contributed by atoms with Gasteiger partial charge in [0.1, 0.15) is 0 Å². The fourth-order valence-corrected chi connectivity index (χ4v) is 2.40. The molecule has 0 saturated heterocycles. The van der Waals surface area contributed by atoms with E-state index in [4.69, 9.17) is 0 Å². The second kappa shape index (κ2) is 5.19. The lowest BCUT2D eigenvalue weighted by Crippen LogP contribution is -2.06. The molecule has 0 radical (unpaired) electrons. The predicted octanol–water partition coefficient (Wildman–Crippen LogP) is 4.27. The maximum absolute atomic E-state index is 12.7. The summed E-state index contributed by atoms with van der Waals surface area (Å²) >= 11 is 0. The monoisotopic (exact) mass is 329 g/mol. The Balaban J connectivity index is 1.68.